The Morgan fingerprint density at radius 1 is 0.714 bits per heavy atom. The van der Waals surface area contributed by atoms with Crippen LogP contribution in [0.2, 0.25) is 0 Å². The first-order valence-corrected chi connectivity index (χ1v) is 9.58. The van der Waals surface area contributed by atoms with Crippen molar-refractivity contribution in [2.75, 3.05) is 91.8 Å². The quantitative estimate of drug-likeness (QED) is 0.301. The van der Waals surface area contributed by atoms with Gasteiger partial charge in [-0.25, -0.2) is 9.78 Å². The van der Waals surface area contributed by atoms with Gasteiger partial charge >= 0.3 is 5.97 Å². The van der Waals surface area contributed by atoms with Crippen LogP contribution in [0.3, 0.4) is 0 Å². The SMILES string of the molecule is CC(=O)CN1CCN(CCOO)CCN(CCOO)CCN(CC(=O)O)CC1. The molecular formula is C17H34N4O7. The molecule has 1 rings (SSSR count). The Balaban J connectivity index is 2.81. The fourth-order valence-electron chi connectivity index (χ4n) is 3.19. The summed E-state index contributed by atoms with van der Waals surface area (Å²) in [4.78, 5) is 39.3. The topological polar surface area (TPSA) is 126 Å². The molecule has 0 atom stereocenters. The molecule has 1 saturated heterocycles. The fourth-order valence-corrected chi connectivity index (χ4v) is 3.19. The van der Waals surface area contributed by atoms with Gasteiger partial charge in [-0.1, -0.05) is 0 Å². The van der Waals surface area contributed by atoms with E-state index in [0.717, 1.165) is 0 Å². The van der Waals surface area contributed by atoms with Crippen LogP contribution >= 0.6 is 0 Å². The third-order valence-corrected chi connectivity index (χ3v) is 4.73. The highest BCUT2D eigenvalue weighted by atomic mass is 17.1. The van der Waals surface area contributed by atoms with Crippen LogP contribution in [-0.2, 0) is 19.4 Å². The van der Waals surface area contributed by atoms with Crippen LogP contribution in [-0.4, -0.2) is 139 Å². The maximum atomic E-state index is 11.6. The minimum atomic E-state index is -0.884. The van der Waals surface area contributed by atoms with E-state index >= 15 is 0 Å². The molecule has 0 bridgehead atoms. The summed E-state index contributed by atoms with van der Waals surface area (Å²) in [7, 11) is 0. The molecule has 11 nitrogen and oxygen atoms in total. The van der Waals surface area contributed by atoms with Crippen LogP contribution in [0.5, 0.6) is 0 Å². The van der Waals surface area contributed by atoms with Crippen LogP contribution < -0.4 is 0 Å². The molecule has 28 heavy (non-hydrogen) atoms. The molecule has 0 amide bonds. The molecule has 3 N–H and O–H groups in total. The van der Waals surface area contributed by atoms with Gasteiger partial charge in [0.2, 0.25) is 0 Å². The summed E-state index contributed by atoms with van der Waals surface area (Å²) in [5.41, 5.74) is 0. The normalized spacial score (nSPS) is 19.8. The Morgan fingerprint density at radius 2 is 1.07 bits per heavy atom. The first-order valence-electron chi connectivity index (χ1n) is 9.58. The zero-order valence-electron chi connectivity index (χ0n) is 16.7. The zero-order valence-corrected chi connectivity index (χ0v) is 16.7. The van der Waals surface area contributed by atoms with Gasteiger partial charge < -0.3 is 5.11 Å². The van der Waals surface area contributed by atoms with Gasteiger partial charge in [0.05, 0.1) is 26.3 Å². The summed E-state index contributed by atoms with van der Waals surface area (Å²) < 4.78 is 0. The van der Waals surface area contributed by atoms with E-state index in [1.165, 1.54) is 0 Å². The number of nitrogens with zero attached hydrogens (tertiary/aromatic N) is 4. The van der Waals surface area contributed by atoms with E-state index in [-0.39, 0.29) is 25.5 Å². The predicted octanol–water partition coefficient (Wildman–Crippen LogP) is -1.14. The van der Waals surface area contributed by atoms with Crippen LogP contribution in [0.15, 0.2) is 0 Å². The lowest BCUT2D eigenvalue weighted by molar-refractivity contribution is -0.245. The van der Waals surface area contributed by atoms with Gasteiger partial charge in [0.15, 0.2) is 0 Å². The average Bonchev–Trinajstić information content (AvgIpc) is 2.63. The molecule has 11 heteroatoms. The molecule has 0 aliphatic carbocycles. The molecule has 1 heterocycles. The number of carboxylic acid groups (broad SMARTS) is 1. The number of carbonyl (C=O) groups excluding carboxylic acids is 1. The molecule has 0 aromatic heterocycles. The smallest absolute Gasteiger partial charge is 0.317 e. The van der Waals surface area contributed by atoms with Gasteiger partial charge in [0, 0.05) is 65.4 Å². The molecule has 0 saturated carbocycles. The molecule has 0 aromatic carbocycles. The maximum Gasteiger partial charge on any atom is 0.317 e. The number of ketones is 1. The van der Waals surface area contributed by atoms with Crippen LogP contribution in [0.1, 0.15) is 6.92 Å². The standard InChI is InChI=1S/C17H34N4O7/c1-16(22)14-20-6-4-18(10-12-27-25)2-3-19(11-13-28-26)5-7-21(9-8-20)15-17(23)24/h25-26H,2-15H2,1H3,(H,23,24). The lowest BCUT2D eigenvalue weighted by Gasteiger charge is -2.33. The van der Waals surface area contributed by atoms with Crippen molar-refractivity contribution in [1.29, 1.82) is 0 Å². The Labute approximate surface area is 165 Å². The third kappa shape index (κ3) is 11.6. The van der Waals surface area contributed by atoms with E-state index < -0.39 is 5.97 Å². The minimum absolute atomic E-state index is 0.0573. The second kappa shape index (κ2) is 14.8. The van der Waals surface area contributed by atoms with Gasteiger partial charge in [-0.15, -0.1) is 0 Å². The average molecular weight is 406 g/mol. The first kappa shape index (κ1) is 24.9. The molecular weight excluding hydrogens is 372 g/mol. The maximum absolute atomic E-state index is 11.6. The highest BCUT2D eigenvalue weighted by Gasteiger charge is 2.18. The summed E-state index contributed by atoms with van der Waals surface area (Å²) in [5, 5.41) is 26.5. The summed E-state index contributed by atoms with van der Waals surface area (Å²) in [6.07, 6.45) is 0. The predicted molar refractivity (Wildman–Crippen MR) is 101 cm³/mol. The molecule has 1 fully saturated rings. The molecule has 1 aliphatic rings. The Bertz CT molecular complexity index is 415. The van der Waals surface area contributed by atoms with Crippen molar-refractivity contribution < 1.29 is 35.0 Å². The van der Waals surface area contributed by atoms with Gasteiger partial charge in [0.1, 0.15) is 5.78 Å². The molecule has 0 aromatic rings. The molecule has 0 spiro atoms. The van der Waals surface area contributed by atoms with E-state index in [1.807, 2.05) is 9.80 Å². The number of Topliss-reactive ketones (excluding diaryl/α,β-unsaturated/α-hetero) is 1. The van der Waals surface area contributed by atoms with E-state index in [2.05, 4.69) is 19.6 Å². The second-order valence-electron chi connectivity index (χ2n) is 7.00. The van der Waals surface area contributed by atoms with Gasteiger partial charge in [0.25, 0.3) is 0 Å². The van der Waals surface area contributed by atoms with E-state index in [1.54, 1.807) is 6.92 Å². The molecule has 1 aliphatic heterocycles. The van der Waals surface area contributed by atoms with Crippen molar-refractivity contribution in [1.82, 2.24) is 19.6 Å². The Hall–Kier alpha value is -1.18. The largest absolute Gasteiger partial charge is 0.480 e. The van der Waals surface area contributed by atoms with E-state index in [0.29, 0.717) is 72.0 Å². The first-order chi connectivity index (χ1) is 13.4. The monoisotopic (exact) mass is 406 g/mol. The van der Waals surface area contributed by atoms with Crippen molar-refractivity contribution in [3.05, 3.63) is 0 Å². The van der Waals surface area contributed by atoms with Crippen molar-refractivity contribution in [3.63, 3.8) is 0 Å². The number of rotatable bonds is 10. The molecule has 164 valence electrons. The van der Waals surface area contributed by atoms with Crippen LogP contribution in [0.4, 0.5) is 0 Å². The summed E-state index contributed by atoms with van der Waals surface area (Å²) >= 11 is 0. The summed E-state index contributed by atoms with van der Waals surface area (Å²) in [6, 6.07) is 0. The minimum Gasteiger partial charge on any atom is -0.480 e. The summed E-state index contributed by atoms with van der Waals surface area (Å²) in [5.74, 6) is -0.817. The summed E-state index contributed by atoms with van der Waals surface area (Å²) in [6.45, 7) is 8.35. The molecule has 0 unspecified atom stereocenters. The lowest BCUT2D eigenvalue weighted by atomic mass is 10.3. The van der Waals surface area contributed by atoms with Crippen molar-refractivity contribution >= 4 is 11.8 Å². The number of aliphatic carboxylic acids is 1. The third-order valence-electron chi connectivity index (χ3n) is 4.73. The fraction of sp³-hybridized carbons (Fsp3) is 0.882. The van der Waals surface area contributed by atoms with Gasteiger partial charge in [-0.2, -0.15) is 0 Å². The Kier molecular flexibility index (Phi) is 13.1. The number of carboxylic acids is 1. The molecule has 0 radical (unpaired) electrons. The zero-order chi connectivity index (χ0) is 20.8. The number of hydrogen-bond donors (Lipinski definition) is 3. The van der Waals surface area contributed by atoms with Crippen LogP contribution in [0.25, 0.3) is 0 Å². The second-order valence-corrected chi connectivity index (χ2v) is 7.00. The van der Waals surface area contributed by atoms with Crippen molar-refractivity contribution in [2.24, 2.45) is 0 Å². The van der Waals surface area contributed by atoms with Gasteiger partial charge in [-0.05, 0) is 6.92 Å². The van der Waals surface area contributed by atoms with Crippen molar-refractivity contribution in [2.45, 2.75) is 6.92 Å². The lowest BCUT2D eigenvalue weighted by Crippen LogP contribution is -2.48. The van der Waals surface area contributed by atoms with Crippen LogP contribution in [0, 0.1) is 0 Å². The van der Waals surface area contributed by atoms with E-state index in [9.17, 15) is 14.7 Å². The highest BCUT2D eigenvalue weighted by molar-refractivity contribution is 5.77. The van der Waals surface area contributed by atoms with E-state index in [4.69, 9.17) is 10.5 Å². The number of carbonyl (C=O) groups is 2. The van der Waals surface area contributed by atoms with Gasteiger partial charge in [-0.3, -0.25) is 39.7 Å². The Morgan fingerprint density at radius 3 is 1.39 bits per heavy atom. The number of hydrogen-bond acceptors (Lipinski definition) is 10. The highest BCUT2D eigenvalue weighted by Crippen LogP contribution is 2.01. The van der Waals surface area contributed by atoms with Crippen molar-refractivity contribution in [3.8, 4) is 0 Å².